The van der Waals surface area contributed by atoms with Gasteiger partial charge in [-0.05, 0) is 47.5 Å². The SMILES string of the molecule is O=C(Nc1ccc(Br)cc1-c1nc(=O)o[nH]1)c1cc2cccc(NC(=O)c3ccccc3-c3ccccc3)c2[nH]1. The van der Waals surface area contributed by atoms with Crippen LogP contribution in [0, 0.1) is 0 Å². The van der Waals surface area contributed by atoms with E-state index in [0.717, 1.165) is 21.0 Å². The van der Waals surface area contributed by atoms with Crippen LogP contribution in [0.2, 0.25) is 0 Å². The molecule has 0 atom stereocenters. The summed E-state index contributed by atoms with van der Waals surface area (Å²) in [6, 6.07) is 29.4. The first-order valence-electron chi connectivity index (χ1n) is 12.2. The van der Waals surface area contributed by atoms with Crippen molar-refractivity contribution in [3.05, 3.63) is 123 Å². The minimum Gasteiger partial charge on any atom is -0.349 e. The molecule has 4 aromatic carbocycles. The molecule has 0 saturated heterocycles. The van der Waals surface area contributed by atoms with Crippen molar-refractivity contribution in [1.29, 1.82) is 0 Å². The topological polar surface area (TPSA) is 133 Å². The second-order valence-corrected chi connectivity index (χ2v) is 9.81. The van der Waals surface area contributed by atoms with E-state index in [1.807, 2.05) is 60.7 Å². The number of hydrogen-bond donors (Lipinski definition) is 4. The Kier molecular flexibility index (Phi) is 6.59. The molecular weight excluding hydrogens is 574 g/mol. The van der Waals surface area contributed by atoms with Gasteiger partial charge in [0.2, 0.25) is 0 Å². The molecule has 0 spiro atoms. The smallest absolute Gasteiger partial charge is 0.349 e. The Bertz CT molecular complexity index is 1940. The van der Waals surface area contributed by atoms with Crippen molar-refractivity contribution in [3.63, 3.8) is 0 Å². The Morgan fingerprint density at radius 3 is 2.35 bits per heavy atom. The number of anilines is 2. The Hall–Kier alpha value is -5.22. The Morgan fingerprint density at radius 2 is 1.55 bits per heavy atom. The number of H-pyrrole nitrogens is 2. The molecule has 2 heterocycles. The molecule has 0 aliphatic rings. The number of aromatic nitrogens is 3. The molecule has 9 nitrogen and oxygen atoms in total. The highest BCUT2D eigenvalue weighted by Crippen LogP contribution is 2.30. The maximum absolute atomic E-state index is 13.4. The molecule has 4 N–H and O–H groups in total. The predicted molar refractivity (Wildman–Crippen MR) is 156 cm³/mol. The molecule has 6 aromatic rings. The van der Waals surface area contributed by atoms with E-state index in [1.165, 1.54) is 0 Å². The molecule has 0 unspecified atom stereocenters. The standard InChI is InChI=1S/C30H20BrN5O4/c31-19-13-14-23(22(16-19)27-35-30(39)40-36-27)33-29(38)25-15-18-9-6-12-24(26(18)32-25)34-28(37)21-11-5-4-10-20(21)17-7-2-1-3-8-17/h1-16,32H,(H,33,38)(H,34,37)(H,35,36,39). The number of carbonyl (C=O) groups is 2. The molecule has 0 aliphatic heterocycles. The zero-order valence-electron chi connectivity index (χ0n) is 20.7. The molecule has 0 fully saturated rings. The molecule has 6 rings (SSSR count). The van der Waals surface area contributed by atoms with Crippen LogP contribution in [0.25, 0.3) is 33.4 Å². The number of rotatable bonds is 6. The summed E-state index contributed by atoms with van der Waals surface area (Å²) in [5.41, 5.74) is 4.60. The monoisotopic (exact) mass is 593 g/mol. The number of benzene rings is 4. The van der Waals surface area contributed by atoms with Gasteiger partial charge in [-0.3, -0.25) is 9.59 Å². The second kappa shape index (κ2) is 10.5. The summed E-state index contributed by atoms with van der Waals surface area (Å²) >= 11 is 3.39. The van der Waals surface area contributed by atoms with E-state index in [-0.39, 0.29) is 17.4 Å². The first kappa shape index (κ1) is 25.1. The van der Waals surface area contributed by atoms with Crippen LogP contribution in [0.3, 0.4) is 0 Å². The van der Waals surface area contributed by atoms with Crippen LogP contribution in [-0.4, -0.2) is 26.9 Å². The number of para-hydroxylation sites is 1. The zero-order chi connectivity index (χ0) is 27.6. The average Bonchev–Trinajstić information content (AvgIpc) is 3.61. The fourth-order valence-corrected chi connectivity index (χ4v) is 4.84. The molecule has 10 heteroatoms. The lowest BCUT2D eigenvalue weighted by atomic mass is 9.99. The van der Waals surface area contributed by atoms with Gasteiger partial charge in [0.05, 0.1) is 16.9 Å². The molecular formula is C30H20BrN5O4. The van der Waals surface area contributed by atoms with Crippen LogP contribution in [0.15, 0.2) is 111 Å². The van der Waals surface area contributed by atoms with Gasteiger partial charge in [0, 0.05) is 21.0 Å². The minimum atomic E-state index is -0.774. The lowest BCUT2D eigenvalue weighted by molar-refractivity contribution is 0.101. The van der Waals surface area contributed by atoms with Gasteiger partial charge in [-0.2, -0.15) is 10.1 Å². The number of halogens is 1. The summed E-state index contributed by atoms with van der Waals surface area (Å²) < 4.78 is 5.42. The van der Waals surface area contributed by atoms with Crippen molar-refractivity contribution < 1.29 is 14.1 Å². The van der Waals surface area contributed by atoms with Crippen LogP contribution in [0.4, 0.5) is 11.4 Å². The fraction of sp³-hybridized carbons (Fsp3) is 0. The quantitative estimate of drug-likeness (QED) is 0.176. The van der Waals surface area contributed by atoms with Gasteiger partial charge in [-0.25, -0.2) is 4.79 Å². The van der Waals surface area contributed by atoms with Gasteiger partial charge in [0.15, 0.2) is 5.82 Å². The Morgan fingerprint density at radius 1 is 0.775 bits per heavy atom. The lowest BCUT2D eigenvalue weighted by Gasteiger charge is -2.11. The fourth-order valence-electron chi connectivity index (χ4n) is 4.48. The third kappa shape index (κ3) is 4.95. The maximum atomic E-state index is 13.4. The minimum absolute atomic E-state index is 0.180. The van der Waals surface area contributed by atoms with Crippen molar-refractivity contribution in [2.75, 3.05) is 10.6 Å². The molecule has 2 amide bonds. The Balaban J connectivity index is 1.29. The van der Waals surface area contributed by atoms with E-state index >= 15 is 0 Å². The largest absolute Gasteiger partial charge is 0.460 e. The van der Waals surface area contributed by atoms with Gasteiger partial charge < -0.3 is 20.1 Å². The molecule has 40 heavy (non-hydrogen) atoms. The third-order valence-electron chi connectivity index (χ3n) is 6.33. The van der Waals surface area contributed by atoms with Crippen molar-refractivity contribution in [2.45, 2.75) is 0 Å². The third-order valence-corrected chi connectivity index (χ3v) is 6.82. The number of nitrogens with one attached hydrogen (secondary N) is 4. The van der Waals surface area contributed by atoms with Crippen molar-refractivity contribution in [3.8, 4) is 22.5 Å². The van der Waals surface area contributed by atoms with Crippen LogP contribution in [0.1, 0.15) is 20.8 Å². The summed E-state index contributed by atoms with van der Waals surface area (Å²) in [5, 5.41) is 9.05. The van der Waals surface area contributed by atoms with E-state index in [9.17, 15) is 14.4 Å². The van der Waals surface area contributed by atoms with E-state index in [2.05, 4.69) is 41.7 Å². The maximum Gasteiger partial charge on any atom is 0.460 e. The van der Waals surface area contributed by atoms with Gasteiger partial charge >= 0.3 is 5.76 Å². The summed E-state index contributed by atoms with van der Waals surface area (Å²) in [7, 11) is 0. The number of nitrogens with zero attached hydrogens (tertiary/aromatic N) is 1. The van der Waals surface area contributed by atoms with Crippen LogP contribution >= 0.6 is 15.9 Å². The summed E-state index contributed by atoms with van der Waals surface area (Å²) in [6.45, 7) is 0. The molecule has 0 aliphatic carbocycles. The molecule has 196 valence electrons. The second-order valence-electron chi connectivity index (χ2n) is 8.89. The molecule has 0 radical (unpaired) electrons. The Labute approximate surface area is 235 Å². The normalized spacial score (nSPS) is 10.9. The summed E-state index contributed by atoms with van der Waals surface area (Å²) in [6.07, 6.45) is 0. The predicted octanol–water partition coefficient (Wildman–Crippen LogP) is 6.45. The average molecular weight is 594 g/mol. The number of hydrogen-bond acceptors (Lipinski definition) is 5. The van der Waals surface area contributed by atoms with Gasteiger partial charge in [-0.1, -0.05) is 76.6 Å². The molecule has 0 saturated carbocycles. The molecule has 0 bridgehead atoms. The van der Waals surface area contributed by atoms with Crippen LogP contribution in [-0.2, 0) is 0 Å². The van der Waals surface area contributed by atoms with E-state index in [0.29, 0.717) is 28.0 Å². The first-order chi connectivity index (χ1) is 19.5. The number of carbonyl (C=O) groups excluding carboxylic acids is 2. The van der Waals surface area contributed by atoms with Crippen LogP contribution < -0.4 is 16.4 Å². The number of aromatic amines is 2. The highest BCUT2D eigenvalue weighted by atomic mass is 79.9. The van der Waals surface area contributed by atoms with Gasteiger partial charge in [-0.15, -0.1) is 0 Å². The van der Waals surface area contributed by atoms with Crippen molar-refractivity contribution >= 4 is 50.0 Å². The van der Waals surface area contributed by atoms with Crippen molar-refractivity contribution in [2.24, 2.45) is 0 Å². The highest BCUT2D eigenvalue weighted by molar-refractivity contribution is 9.10. The van der Waals surface area contributed by atoms with E-state index in [1.54, 1.807) is 36.4 Å². The number of amides is 2. The lowest BCUT2D eigenvalue weighted by Crippen LogP contribution is -2.14. The van der Waals surface area contributed by atoms with Gasteiger partial charge in [0.1, 0.15) is 5.69 Å². The van der Waals surface area contributed by atoms with Crippen molar-refractivity contribution in [1.82, 2.24) is 15.1 Å². The highest BCUT2D eigenvalue weighted by Gasteiger charge is 2.18. The van der Waals surface area contributed by atoms with E-state index in [4.69, 9.17) is 4.52 Å². The first-order valence-corrected chi connectivity index (χ1v) is 13.0. The zero-order valence-corrected chi connectivity index (χ0v) is 22.3. The van der Waals surface area contributed by atoms with Crippen LogP contribution in [0.5, 0.6) is 0 Å². The summed E-state index contributed by atoms with van der Waals surface area (Å²) in [4.78, 5) is 45.0. The molecule has 2 aromatic heterocycles. The van der Waals surface area contributed by atoms with Gasteiger partial charge in [0.25, 0.3) is 11.8 Å². The number of fused-ring (bicyclic) bond motifs is 1. The van der Waals surface area contributed by atoms with E-state index < -0.39 is 11.7 Å². The summed E-state index contributed by atoms with van der Waals surface area (Å²) in [5.74, 6) is -1.28.